The van der Waals surface area contributed by atoms with E-state index >= 15 is 0 Å². The summed E-state index contributed by atoms with van der Waals surface area (Å²) in [5.41, 5.74) is 0. The van der Waals surface area contributed by atoms with E-state index in [2.05, 4.69) is 20.8 Å². The van der Waals surface area contributed by atoms with Gasteiger partial charge in [0.05, 0.1) is 12.7 Å². The standard InChI is InChI=1S/C16H35O3P.Nd/c1-5-8-10-11-12-15(4)19-20(17)18-14-16(7-3)13-9-6-2;/h15-16,20H,5-14H2,1-4H3;. The predicted molar refractivity (Wildman–Crippen MR) is 87.6 cm³/mol. The monoisotopic (exact) mass is 448 g/mol. The van der Waals surface area contributed by atoms with Crippen molar-refractivity contribution in [2.75, 3.05) is 6.61 Å². The van der Waals surface area contributed by atoms with E-state index in [4.69, 9.17) is 9.05 Å². The molecule has 0 aliphatic rings. The molecule has 0 N–H and O–H groups in total. The topological polar surface area (TPSA) is 35.5 Å². The molecule has 0 aromatic carbocycles. The predicted octanol–water partition coefficient (Wildman–Crippen LogP) is 5.98. The van der Waals surface area contributed by atoms with Crippen molar-refractivity contribution >= 4 is 8.25 Å². The molecule has 0 radical (unpaired) electrons. The molecule has 0 saturated carbocycles. The maximum Gasteiger partial charge on any atom is 0.319 e. The van der Waals surface area contributed by atoms with Crippen molar-refractivity contribution < 1.29 is 54.5 Å². The van der Waals surface area contributed by atoms with Gasteiger partial charge in [0.1, 0.15) is 0 Å². The average Bonchev–Trinajstić information content (AvgIpc) is 2.44. The van der Waals surface area contributed by atoms with Crippen molar-refractivity contribution in [3.05, 3.63) is 0 Å². The Hall–Kier alpha value is 1.50. The van der Waals surface area contributed by atoms with Crippen LogP contribution in [0.3, 0.4) is 0 Å². The molecule has 0 amide bonds. The molecule has 3 nitrogen and oxygen atoms in total. The van der Waals surface area contributed by atoms with Crippen molar-refractivity contribution in [2.24, 2.45) is 5.92 Å². The first-order valence-corrected chi connectivity index (χ1v) is 9.69. The van der Waals surface area contributed by atoms with Crippen LogP contribution >= 0.6 is 8.25 Å². The molecule has 0 spiro atoms. The molecule has 3 atom stereocenters. The summed E-state index contributed by atoms with van der Waals surface area (Å²) in [5, 5.41) is 0. The van der Waals surface area contributed by atoms with Gasteiger partial charge >= 0.3 is 8.25 Å². The van der Waals surface area contributed by atoms with E-state index < -0.39 is 8.25 Å². The summed E-state index contributed by atoms with van der Waals surface area (Å²) in [4.78, 5) is 0. The van der Waals surface area contributed by atoms with Gasteiger partial charge in [0, 0.05) is 40.8 Å². The second-order valence-corrected chi connectivity index (χ2v) is 6.78. The molecule has 0 bridgehead atoms. The zero-order valence-electron chi connectivity index (χ0n) is 14.5. The molecule has 0 aliphatic heterocycles. The summed E-state index contributed by atoms with van der Waals surface area (Å²) in [5.74, 6) is 0.521. The van der Waals surface area contributed by atoms with E-state index in [0.717, 1.165) is 25.7 Å². The third-order valence-electron chi connectivity index (χ3n) is 3.74. The van der Waals surface area contributed by atoms with Gasteiger partial charge in [-0.05, 0) is 25.7 Å². The summed E-state index contributed by atoms with van der Waals surface area (Å²) in [6.07, 6.45) is 10.6. The van der Waals surface area contributed by atoms with Crippen molar-refractivity contribution in [3.63, 3.8) is 0 Å². The molecule has 0 fully saturated rings. The van der Waals surface area contributed by atoms with Crippen LogP contribution in [0.25, 0.3) is 0 Å². The zero-order valence-corrected chi connectivity index (χ0v) is 18.7. The van der Waals surface area contributed by atoms with E-state index in [1.165, 1.54) is 32.1 Å². The number of hydrogen-bond acceptors (Lipinski definition) is 3. The summed E-state index contributed by atoms with van der Waals surface area (Å²) in [7, 11) is -2.31. The third kappa shape index (κ3) is 16.1. The van der Waals surface area contributed by atoms with E-state index in [0.29, 0.717) is 12.5 Å². The minimum absolute atomic E-state index is 0. The van der Waals surface area contributed by atoms with Crippen LogP contribution in [-0.2, 0) is 13.6 Å². The number of unbranched alkanes of at least 4 members (excludes halogenated alkanes) is 4. The summed E-state index contributed by atoms with van der Waals surface area (Å²) < 4.78 is 22.6. The van der Waals surface area contributed by atoms with Gasteiger partial charge in [0.25, 0.3) is 0 Å². The fourth-order valence-electron chi connectivity index (χ4n) is 2.20. The zero-order chi connectivity index (χ0) is 15.2. The van der Waals surface area contributed by atoms with Gasteiger partial charge in [-0.3, -0.25) is 4.57 Å². The molecular weight excluding hydrogens is 415 g/mol. The quantitative estimate of drug-likeness (QED) is 0.241. The molecule has 0 aliphatic carbocycles. The van der Waals surface area contributed by atoms with Gasteiger partial charge in [0.2, 0.25) is 0 Å². The van der Waals surface area contributed by atoms with Crippen LogP contribution in [0.15, 0.2) is 0 Å². The Morgan fingerprint density at radius 1 is 0.952 bits per heavy atom. The van der Waals surface area contributed by atoms with Gasteiger partial charge in [-0.1, -0.05) is 65.7 Å². The molecule has 5 heteroatoms. The minimum Gasteiger partial charge on any atom is -0.310 e. The number of rotatable bonds is 14. The van der Waals surface area contributed by atoms with Crippen LogP contribution in [0, 0.1) is 46.8 Å². The fourth-order valence-corrected chi connectivity index (χ4v) is 3.09. The number of hydrogen-bond donors (Lipinski definition) is 0. The molecule has 21 heavy (non-hydrogen) atoms. The largest absolute Gasteiger partial charge is 0.319 e. The van der Waals surface area contributed by atoms with Crippen molar-refractivity contribution in [2.45, 2.75) is 91.6 Å². The van der Waals surface area contributed by atoms with Crippen molar-refractivity contribution in [1.82, 2.24) is 0 Å². The molecule has 0 heterocycles. The average molecular weight is 451 g/mol. The molecule has 0 rings (SSSR count). The minimum atomic E-state index is -2.31. The first-order valence-electron chi connectivity index (χ1n) is 8.47. The fraction of sp³-hybridized carbons (Fsp3) is 1.00. The summed E-state index contributed by atoms with van der Waals surface area (Å²) in [6, 6.07) is 0. The Labute approximate surface area is 165 Å². The summed E-state index contributed by atoms with van der Waals surface area (Å²) >= 11 is 0. The molecule has 0 aromatic heterocycles. The van der Waals surface area contributed by atoms with Crippen LogP contribution in [0.2, 0.25) is 0 Å². The van der Waals surface area contributed by atoms with Crippen LogP contribution < -0.4 is 0 Å². The Balaban J connectivity index is 0. The van der Waals surface area contributed by atoms with E-state index in [-0.39, 0.29) is 46.9 Å². The Bertz CT molecular complexity index is 240. The van der Waals surface area contributed by atoms with Crippen LogP contribution in [0.5, 0.6) is 0 Å². The summed E-state index contributed by atoms with van der Waals surface area (Å²) in [6.45, 7) is 9.14. The molecule has 3 unspecified atom stereocenters. The van der Waals surface area contributed by atoms with Gasteiger partial charge in [-0.2, -0.15) is 0 Å². The second kappa shape index (κ2) is 17.8. The van der Waals surface area contributed by atoms with E-state index in [1.807, 2.05) is 6.92 Å². The van der Waals surface area contributed by atoms with Crippen molar-refractivity contribution in [1.29, 1.82) is 0 Å². The van der Waals surface area contributed by atoms with Crippen LogP contribution in [0.1, 0.15) is 85.5 Å². The Morgan fingerprint density at radius 2 is 1.62 bits per heavy atom. The van der Waals surface area contributed by atoms with Gasteiger partial charge < -0.3 is 9.05 Å². The van der Waals surface area contributed by atoms with E-state index in [9.17, 15) is 4.57 Å². The molecule has 126 valence electrons. The van der Waals surface area contributed by atoms with Gasteiger partial charge in [-0.15, -0.1) is 0 Å². The van der Waals surface area contributed by atoms with Gasteiger partial charge in [-0.25, -0.2) is 0 Å². The normalized spacial score (nSPS) is 15.2. The molecule has 0 saturated heterocycles. The van der Waals surface area contributed by atoms with Crippen LogP contribution in [0.4, 0.5) is 0 Å². The van der Waals surface area contributed by atoms with Crippen molar-refractivity contribution in [3.8, 4) is 0 Å². The van der Waals surface area contributed by atoms with E-state index in [1.54, 1.807) is 0 Å². The van der Waals surface area contributed by atoms with Gasteiger partial charge in [0.15, 0.2) is 0 Å². The Morgan fingerprint density at radius 3 is 2.19 bits per heavy atom. The first kappa shape index (κ1) is 24.7. The first-order chi connectivity index (χ1) is 9.63. The van der Waals surface area contributed by atoms with Crippen LogP contribution in [-0.4, -0.2) is 12.7 Å². The second-order valence-electron chi connectivity index (χ2n) is 5.76. The maximum absolute atomic E-state index is 11.8. The maximum atomic E-state index is 11.8. The molecular formula is C16H35NdO3P. The smallest absolute Gasteiger partial charge is 0.310 e. The third-order valence-corrected chi connectivity index (χ3v) is 4.74. The SMILES string of the molecule is CCCCCCC(C)O[PH](=O)OCC(CC)CCCC.[Nd]. The molecule has 0 aromatic rings. The Kier molecular flexibility index (Phi) is 21.0.